The molecule has 3 heterocycles. The highest BCUT2D eigenvalue weighted by Gasteiger charge is 2.18. The Hall–Kier alpha value is -2.50. The number of nitrogens with zero attached hydrogens (tertiary/aromatic N) is 6. The van der Waals surface area contributed by atoms with E-state index in [0.717, 1.165) is 36.9 Å². The van der Waals surface area contributed by atoms with E-state index < -0.39 is 0 Å². The summed E-state index contributed by atoms with van der Waals surface area (Å²) in [6.45, 7) is 1.69. The summed E-state index contributed by atoms with van der Waals surface area (Å²) in [5.41, 5.74) is 2.01. The maximum absolute atomic E-state index is 4.33. The lowest BCUT2D eigenvalue weighted by Crippen LogP contribution is -2.03. The van der Waals surface area contributed by atoms with Gasteiger partial charge in [0.1, 0.15) is 5.82 Å². The number of benzene rings is 1. The second-order valence-corrected chi connectivity index (χ2v) is 5.69. The third-order valence-electron chi connectivity index (χ3n) is 4.06. The molecule has 0 fully saturated rings. The second kappa shape index (κ2) is 5.71. The van der Waals surface area contributed by atoms with Crippen molar-refractivity contribution in [1.82, 2.24) is 29.8 Å². The van der Waals surface area contributed by atoms with Gasteiger partial charge in [-0.3, -0.25) is 0 Å². The van der Waals surface area contributed by atoms with Crippen molar-refractivity contribution < 1.29 is 0 Å². The van der Waals surface area contributed by atoms with Crippen LogP contribution in [0.25, 0.3) is 11.5 Å². The molecule has 6 heteroatoms. The van der Waals surface area contributed by atoms with Gasteiger partial charge in [-0.15, -0.1) is 15.3 Å². The predicted octanol–water partition coefficient (Wildman–Crippen LogP) is 2.31. The van der Waals surface area contributed by atoms with Crippen molar-refractivity contribution in [3.63, 3.8) is 0 Å². The van der Waals surface area contributed by atoms with Gasteiger partial charge in [0.25, 0.3) is 0 Å². The number of hydrogen-bond acceptors (Lipinski definition) is 4. The molecule has 0 aliphatic carbocycles. The molecule has 22 heavy (non-hydrogen) atoms. The van der Waals surface area contributed by atoms with Crippen molar-refractivity contribution in [2.45, 2.75) is 38.8 Å². The molecule has 1 aliphatic rings. The molecule has 2 aromatic heterocycles. The average molecular weight is 294 g/mol. The topological polar surface area (TPSA) is 61.4 Å². The molecule has 0 saturated heterocycles. The zero-order chi connectivity index (χ0) is 14.8. The molecule has 1 aliphatic heterocycles. The summed E-state index contributed by atoms with van der Waals surface area (Å²) in [5.74, 6) is 1.92. The summed E-state index contributed by atoms with van der Waals surface area (Å²) >= 11 is 0. The minimum atomic E-state index is 0.717. The van der Waals surface area contributed by atoms with E-state index in [2.05, 4.69) is 37.2 Å². The highest BCUT2D eigenvalue weighted by Crippen LogP contribution is 2.20. The molecular formula is C16H18N6. The Bertz CT molecular complexity index is 758. The number of fused-ring (bicyclic) bond motifs is 1. The van der Waals surface area contributed by atoms with Crippen LogP contribution in [0.5, 0.6) is 0 Å². The Balaban J connectivity index is 1.61. The van der Waals surface area contributed by atoms with Gasteiger partial charge in [-0.05, 0) is 18.4 Å². The molecular weight excluding hydrogens is 276 g/mol. The smallest absolute Gasteiger partial charge is 0.186 e. The first-order valence-electron chi connectivity index (χ1n) is 7.77. The normalized spacial score (nSPS) is 14.5. The molecule has 112 valence electrons. The Morgan fingerprint density at radius 1 is 0.955 bits per heavy atom. The van der Waals surface area contributed by atoms with Gasteiger partial charge in [-0.1, -0.05) is 42.0 Å². The third-order valence-corrected chi connectivity index (χ3v) is 4.06. The molecule has 0 radical (unpaired) electrons. The van der Waals surface area contributed by atoms with Gasteiger partial charge in [0.2, 0.25) is 0 Å². The Morgan fingerprint density at radius 2 is 1.86 bits per heavy atom. The van der Waals surface area contributed by atoms with Crippen LogP contribution in [0.15, 0.2) is 36.5 Å². The SMILES string of the molecule is c1ccc(Cn2cc(-c3nnc4n3CCCCC4)nn2)cc1. The maximum Gasteiger partial charge on any atom is 0.186 e. The maximum atomic E-state index is 4.33. The summed E-state index contributed by atoms with van der Waals surface area (Å²) in [5, 5.41) is 17.2. The van der Waals surface area contributed by atoms with E-state index in [4.69, 9.17) is 0 Å². The number of rotatable bonds is 3. The van der Waals surface area contributed by atoms with Gasteiger partial charge in [0.05, 0.1) is 12.7 Å². The van der Waals surface area contributed by atoms with Gasteiger partial charge >= 0.3 is 0 Å². The first kappa shape index (κ1) is 13.2. The molecule has 3 aromatic rings. The molecule has 6 nitrogen and oxygen atoms in total. The van der Waals surface area contributed by atoms with Gasteiger partial charge in [-0.25, -0.2) is 4.68 Å². The molecule has 0 atom stereocenters. The highest BCUT2D eigenvalue weighted by atomic mass is 15.4. The largest absolute Gasteiger partial charge is 0.310 e. The van der Waals surface area contributed by atoms with Gasteiger partial charge in [-0.2, -0.15) is 0 Å². The predicted molar refractivity (Wildman–Crippen MR) is 82.1 cm³/mol. The molecule has 4 rings (SSSR count). The van der Waals surface area contributed by atoms with E-state index in [9.17, 15) is 0 Å². The van der Waals surface area contributed by atoms with Crippen LogP contribution in [0.1, 0.15) is 30.7 Å². The first-order chi connectivity index (χ1) is 10.9. The van der Waals surface area contributed by atoms with Crippen LogP contribution >= 0.6 is 0 Å². The van der Waals surface area contributed by atoms with Crippen molar-refractivity contribution in [2.24, 2.45) is 0 Å². The minimum absolute atomic E-state index is 0.717. The van der Waals surface area contributed by atoms with E-state index in [-0.39, 0.29) is 0 Å². The molecule has 0 spiro atoms. The van der Waals surface area contributed by atoms with Crippen LogP contribution in [-0.2, 0) is 19.5 Å². The van der Waals surface area contributed by atoms with Crippen LogP contribution in [0, 0.1) is 0 Å². The van der Waals surface area contributed by atoms with Crippen LogP contribution in [0.4, 0.5) is 0 Å². The summed E-state index contributed by atoms with van der Waals surface area (Å²) in [4.78, 5) is 0. The Morgan fingerprint density at radius 3 is 2.77 bits per heavy atom. The monoisotopic (exact) mass is 294 g/mol. The summed E-state index contributed by atoms with van der Waals surface area (Å²) < 4.78 is 4.05. The van der Waals surface area contributed by atoms with Crippen LogP contribution < -0.4 is 0 Å². The van der Waals surface area contributed by atoms with Gasteiger partial charge in [0, 0.05) is 13.0 Å². The summed E-state index contributed by atoms with van der Waals surface area (Å²) in [7, 11) is 0. The Kier molecular flexibility index (Phi) is 3.42. The van der Waals surface area contributed by atoms with Crippen molar-refractivity contribution in [3.8, 4) is 11.5 Å². The van der Waals surface area contributed by atoms with Crippen LogP contribution in [0.2, 0.25) is 0 Å². The van der Waals surface area contributed by atoms with Crippen molar-refractivity contribution in [2.75, 3.05) is 0 Å². The lowest BCUT2D eigenvalue weighted by molar-refractivity contribution is 0.635. The summed E-state index contributed by atoms with van der Waals surface area (Å²) in [6.07, 6.45) is 6.58. The molecule has 0 saturated carbocycles. The fraction of sp³-hybridized carbons (Fsp3) is 0.375. The zero-order valence-electron chi connectivity index (χ0n) is 12.4. The quantitative estimate of drug-likeness (QED) is 0.743. The number of aromatic nitrogens is 6. The zero-order valence-corrected chi connectivity index (χ0v) is 12.4. The lowest BCUT2D eigenvalue weighted by atomic mass is 10.2. The standard InChI is InChI=1S/C16H18N6/c1-3-7-13(8-4-1)11-21-12-14(17-20-21)16-19-18-15-9-5-2-6-10-22(15)16/h1,3-4,7-8,12H,2,5-6,9-11H2. The van der Waals surface area contributed by atoms with E-state index in [1.165, 1.54) is 24.8 Å². The van der Waals surface area contributed by atoms with E-state index in [1.807, 2.05) is 29.1 Å². The molecule has 0 bridgehead atoms. The van der Waals surface area contributed by atoms with E-state index in [1.54, 1.807) is 0 Å². The second-order valence-electron chi connectivity index (χ2n) is 5.69. The number of hydrogen-bond donors (Lipinski definition) is 0. The van der Waals surface area contributed by atoms with Gasteiger partial charge < -0.3 is 4.57 Å². The fourth-order valence-corrected chi connectivity index (χ4v) is 2.92. The van der Waals surface area contributed by atoms with Crippen LogP contribution in [-0.4, -0.2) is 29.8 Å². The van der Waals surface area contributed by atoms with E-state index >= 15 is 0 Å². The lowest BCUT2D eigenvalue weighted by Gasteiger charge is -2.03. The van der Waals surface area contributed by atoms with E-state index in [0.29, 0.717) is 0 Å². The molecule has 0 N–H and O–H groups in total. The third kappa shape index (κ3) is 2.52. The average Bonchev–Trinajstić information content (AvgIpc) is 3.09. The molecule has 0 amide bonds. The molecule has 0 unspecified atom stereocenters. The van der Waals surface area contributed by atoms with Crippen molar-refractivity contribution >= 4 is 0 Å². The number of aryl methyl sites for hydroxylation is 1. The highest BCUT2D eigenvalue weighted by molar-refractivity contribution is 5.47. The fourth-order valence-electron chi connectivity index (χ4n) is 2.92. The minimum Gasteiger partial charge on any atom is -0.310 e. The first-order valence-corrected chi connectivity index (χ1v) is 7.77. The van der Waals surface area contributed by atoms with Crippen LogP contribution in [0.3, 0.4) is 0 Å². The van der Waals surface area contributed by atoms with Crippen molar-refractivity contribution in [1.29, 1.82) is 0 Å². The van der Waals surface area contributed by atoms with Crippen molar-refractivity contribution in [3.05, 3.63) is 47.9 Å². The summed E-state index contributed by atoms with van der Waals surface area (Å²) in [6, 6.07) is 10.3. The Labute approximate surface area is 128 Å². The molecule has 1 aromatic carbocycles. The van der Waals surface area contributed by atoms with Gasteiger partial charge in [0.15, 0.2) is 11.5 Å².